The normalized spacial score (nSPS) is 20.0. The molecule has 0 N–H and O–H groups in total. The summed E-state index contributed by atoms with van der Waals surface area (Å²) in [6.07, 6.45) is 0. The van der Waals surface area contributed by atoms with Gasteiger partial charge in [0.1, 0.15) is 11.2 Å². The van der Waals surface area contributed by atoms with Crippen molar-refractivity contribution in [2.24, 2.45) is 0 Å². The molecule has 5 heteroatoms. The van der Waals surface area contributed by atoms with Gasteiger partial charge >= 0.3 is 5.97 Å². The summed E-state index contributed by atoms with van der Waals surface area (Å²) >= 11 is 0. The summed E-state index contributed by atoms with van der Waals surface area (Å²) in [4.78, 5) is 23.4. The number of anilines is 1. The van der Waals surface area contributed by atoms with E-state index in [1.165, 1.54) is 12.3 Å². The molecule has 1 fully saturated rings. The first-order valence-electron chi connectivity index (χ1n) is 6.55. The molecule has 0 amide bonds. The summed E-state index contributed by atoms with van der Waals surface area (Å²) in [6.45, 7) is 9.70. The topological polar surface area (TPSA) is 48.0 Å². The molecule has 2 rings (SSSR count). The lowest BCUT2D eigenvalue weighted by Gasteiger charge is -2.26. The standard InChI is InChI=1S/C15H21NO4/c1-10-7-8-11(9-12(10)13(17)18-6)16-19-14(2,3)15(4,5)20-16/h7-9H,1-6H3. The van der Waals surface area contributed by atoms with Crippen LogP contribution in [0.4, 0.5) is 5.69 Å². The van der Waals surface area contributed by atoms with E-state index in [0.29, 0.717) is 11.3 Å². The average Bonchev–Trinajstić information content (AvgIpc) is 2.58. The van der Waals surface area contributed by atoms with Crippen LogP contribution in [-0.4, -0.2) is 24.3 Å². The minimum absolute atomic E-state index is 0.373. The van der Waals surface area contributed by atoms with Crippen LogP contribution in [0.25, 0.3) is 0 Å². The van der Waals surface area contributed by atoms with Crippen LogP contribution in [0.3, 0.4) is 0 Å². The second-order valence-corrected chi connectivity index (χ2v) is 5.95. The maximum absolute atomic E-state index is 11.7. The molecule has 0 bridgehead atoms. The van der Waals surface area contributed by atoms with Crippen molar-refractivity contribution in [2.45, 2.75) is 45.8 Å². The molecule has 0 aromatic heterocycles. The lowest BCUT2D eigenvalue weighted by Crippen LogP contribution is -2.41. The number of ether oxygens (including phenoxy) is 1. The van der Waals surface area contributed by atoms with E-state index in [1.807, 2.05) is 46.8 Å². The van der Waals surface area contributed by atoms with E-state index in [9.17, 15) is 4.79 Å². The van der Waals surface area contributed by atoms with Gasteiger partial charge in [0.15, 0.2) is 0 Å². The number of esters is 1. The van der Waals surface area contributed by atoms with Crippen molar-refractivity contribution in [3.8, 4) is 0 Å². The minimum atomic E-state index is -0.469. The minimum Gasteiger partial charge on any atom is -0.465 e. The number of carbonyl (C=O) groups excluding carboxylic acids is 1. The highest BCUT2D eigenvalue weighted by atomic mass is 17.0. The summed E-state index contributed by atoms with van der Waals surface area (Å²) < 4.78 is 4.78. The summed E-state index contributed by atoms with van der Waals surface area (Å²) in [6, 6.07) is 5.39. The predicted octanol–water partition coefficient (Wildman–Crippen LogP) is 3.02. The van der Waals surface area contributed by atoms with Gasteiger partial charge in [-0.3, -0.25) is 0 Å². The maximum atomic E-state index is 11.7. The Bertz CT molecular complexity index is 521. The molecule has 0 unspecified atom stereocenters. The molecule has 1 aromatic rings. The number of methoxy groups -OCH3 is 1. The van der Waals surface area contributed by atoms with Gasteiger partial charge in [-0.15, -0.1) is 5.23 Å². The van der Waals surface area contributed by atoms with E-state index < -0.39 is 11.2 Å². The van der Waals surface area contributed by atoms with Crippen molar-refractivity contribution < 1.29 is 19.2 Å². The molecule has 1 aliphatic rings. The molecular weight excluding hydrogens is 258 g/mol. The van der Waals surface area contributed by atoms with Crippen molar-refractivity contribution >= 4 is 11.7 Å². The zero-order valence-electron chi connectivity index (χ0n) is 12.8. The molecule has 0 saturated carbocycles. The molecule has 5 nitrogen and oxygen atoms in total. The van der Waals surface area contributed by atoms with Gasteiger partial charge in [-0.2, -0.15) is 0 Å². The van der Waals surface area contributed by atoms with Gasteiger partial charge in [0.25, 0.3) is 0 Å². The molecule has 1 saturated heterocycles. The Morgan fingerprint density at radius 2 is 1.70 bits per heavy atom. The third-order valence-corrected chi connectivity index (χ3v) is 3.91. The molecule has 110 valence electrons. The maximum Gasteiger partial charge on any atom is 0.338 e. The van der Waals surface area contributed by atoms with E-state index in [2.05, 4.69) is 0 Å². The van der Waals surface area contributed by atoms with E-state index in [4.69, 9.17) is 14.4 Å². The lowest BCUT2D eigenvalue weighted by molar-refractivity contribution is -0.0273. The largest absolute Gasteiger partial charge is 0.465 e. The molecule has 0 aliphatic carbocycles. The average molecular weight is 279 g/mol. The third-order valence-electron chi connectivity index (χ3n) is 3.91. The van der Waals surface area contributed by atoms with Crippen LogP contribution in [0, 0.1) is 6.92 Å². The predicted molar refractivity (Wildman–Crippen MR) is 75.3 cm³/mol. The van der Waals surface area contributed by atoms with Crippen LogP contribution in [0.5, 0.6) is 0 Å². The number of aryl methyl sites for hydroxylation is 1. The first-order chi connectivity index (χ1) is 9.18. The highest BCUT2D eigenvalue weighted by molar-refractivity contribution is 5.92. The van der Waals surface area contributed by atoms with Crippen LogP contribution >= 0.6 is 0 Å². The molecule has 20 heavy (non-hydrogen) atoms. The van der Waals surface area contributed by atoms with Gasteiger partial charge in [0, 0.05) is 0 Å². The number of hydrogen-bond donors (Lipinski definition) is 0. The zero-order chi connectivity index (χ0) is 15.1. The lowest BCUT2D eigenvalue weighted by atomic mass is 9.90. The Morgan fingerprint density at radius 1 is 1.15 bits per heavy atom. The number of nitrogens with zero attached hydrogens (tertiary/aromatic N) is 1. The highest BCUT2D eigenvalue weighted by Gasteiger charge is 2.50. The van der Waals surface area contributed by atoms with Gasteiger partial charge in [-0.25, -0.2) is 14.5 Å². The van der Waals surface area contributed by atoms with Gasteiger partial charge < -0.3 is 4.74 Å². The molecule has 1 heterocycles. The number of carbonyl (C=O) groups is 1. The Labute approximate surface area is 119 Å². The Kier molecular flexibility index (Phi) is 3.52. The summed E-state index contributed by atoms with van der Waals surface area (Å²) in [5.41, 5.74) is 1.07. The molecule has 0 spiro atoms. The molecule has 1 aromatic carbocycles. The van der Waals surface area contributed by atoms with Gasteiger partial charge in [0.05, 0.1) is 18.4 Å². The van der Waals surface area contributed by atoms with E-state index in [0.717, 1.165) is 5.56 Å². The van der Waals surface area contributed by atoms with Crippen molar-refractivity contribution in [2.75, 3.05) is 12.3 Å². The fourth-order valence-electron chi connectivity index (χ4n) is 1.81. The van der Waals surface area contributed by atoms with Crippen LogP contribution in [0.1, 0.15) is 43.6 Å². The van der Waals surface area contributed by atoms with E-state index in [1.54, 1.807) is 6.07 Å². The SMILES string of the molecule is COC(=O)c1cc(N2OC(C)(C)C(C)(C)O2)ccc1C. The van der Waals surface area contributed by atoms with Crippen molar-refractivity contribution in [3.63, 3.8) is 0 Å². The third kappa shape index (κ3) is 2.39. The second-order valence-electron chi connectivity index (χ2n) is 5.95. The van der Waals surface area contributed by atoms with Crippen LogP contribution < -0.4 is 5.23 Å². The van der Waals surface area contributed by atoms with Crippen molar-refractivity contribution in [1.29, 1.82) is 0 Å². The monoisotopic (exact) mass is 279 g/mol. The first-order valence-corrected chi connectivity index (χ1v) is 6.55. The van der Waals surface area contributed by atoms with E-state index in [-0.39, 0.29) is 5.97 Å². The Hall–Kier alpha value is -1.59. The second kappa shape index (κ2) is 4.75. The summed E-state index contributed by atoms with van der Waals surface area (Å²) in [5.74, 6) is -0.373. The van der Waals surface area contributed by atoms with Crippen LogP contribution in [-0.2, 0) is 14.4 Å². The zero-order valence-corrected chi connectivity index (χ0v) is 12.8. The van der Waals surface area contributed by atoms with Gasteiger partial charge in [-0.1, -0.05) is 6.07 Å². The quantitative estimate of drug-likeness (QED) is 0.779. The molecule has 0 radical (unpaired) electrons. The Morgan fingerprint density at radius 3 is 2.20 bits per heavy atom. The smallest absolute Gasteiger partial charge is 0.338 e. The molecule has 1 aliphatic heterocycles. The van der Waals surface area contributed by atoms with E-state index >= 15 is 0 Å². The van der Waals surface area contributed by atoms with Crippen LogP contribution in [0.2, 0.25) is 0 Å². The van der Waals surface area contributed by atoms with Gasteiger partial charge in [-0.05, 0) is 52.3 Å². The van der Waals surface area contributed by atoms with Gasteiger partial charge in [0.2, 0.25) is 0 Å². The summed E-state index contributed by atoms with van der Waals surface area (Å²) in [5, 5.41) is 1.37. The first kappa shape index (κ1) is 14.8. The molecule has 0 atom stereocenters. The van der Waals surface area contributed by atoms with Crippen LogP contribution in [0.15, 0.2) is 18.2 Å². The van der Waals surface area contributed by atoms with Crippen molar-refractivity contribution in [1.82, 2.24) is 0 Å². The Balaban J connectivity index is 2.34. The fourth-order valence-corrected chi connectivity index (χ4v) is 1.81. The molecular formula is C15H21NO4. The number of rotatable bonds is 2. The van der Waals surface area contributed by atoms with Crippen molar-refractivity contribution in [3.05, 3.63) is 29.3 Å². The highest BCUT2D eigenvalue weighted by Crippen LogP contribution is 2.40. The summed E-state index contributed by atoms with van der Waals surface area (Å²) in [7, 11) is 1.36. The number of hydrogen-bond acceptors (Lipinski definition) is 5. The number of benzene rings is 1. The fraction of sp³-hybridized carbons (Fsp3) is 0.533.